The number of rotatable bonds is 5. The van der Waals surface area contributed by atoms with Gasteiger partial charge in [0.15, 0.2) is 0 Å². The molecule has 1 aliphatic carbocycles. The van der Waals surface area contributed by atoms with Crippen molar-refractivity contribution < 1.29 is 17.6 Å². The number of hydrogen-bond donors (Lipinski definition) is 1. The Balaban J connectivity index is 1.82. The maximum absolute atomic E-state index is 12.9. The van der Waals surface area contributed by atoms with Crippen LogP contribution in [0.3, 0.4) is 0 Å². The fourth-order valence-corrected chi connectivity index (χ4v) is 2.67. The highest BCUT2D eigenvalue weighted by atomic mass is 19.4. The van der Waals surface area contributed by atoms with Crippen LogP contribution in [0.1, 0.15) is 54.8 Å². The van der Waals surface area contributed by atoms with E-state index >= 15 is 0 Å². The van der Waals surface area contributed by atoms with Gasteiger partial charge in [0.1, 0.15) is 0 Å². The minimum Gasteiger partial charge on any atom is -0.424 e. The molecule has 7 heteroatoms. The molecule has 0 aliphatic heterocycles. The second kappa shape index (κ2) is 5.96. The average molecular weight is 325 g/mol. The topological polar surface area (TPSA) is 51.0 Å². The molecule has 1 aromatic heterocycles. The fourth-order valence-electron chi connectivity index (χ4n) is 2.67. The van der Waals surface area contributed by atoms with E-state index in [2.05, 4.69) is 15.5 Å². The summed E-state index contributed by atoms with van der Waals surface area (Å²) in [5.41, 5.74) is 0.0224. The first-order valence-electron chi connectivity index (χ1n) is 7.58. The van der Waals surface area contributed by atoms with Crippen LogP contribution in [0.25, 0.3) is 0 Å². The summed E-state index contributed by atoms with van der Waals surface area (Å²) < 4.78 is 44.2. The lowest BCUT2D eigenvalue weighted by Gasteiger charge is -2.22. The number of aromatic nitrogens is 2. The molecule has 1 aromatic carbocycles. The maximum Gasteiger partial charge on any atom is 0.416 e. The van der Waals surface area contributed by atoms with Crippen molar-refractivity contribution in [1.29, 1.82) is 0 Å². The zero-order valence-corrected chi connectivity index (χ0v) is 12.9. The summed E-state index contributed by atoms with van der Waals surface area (Å²) in [6.45, 7) is 3.57. The zero-order valence-electron chi connectivity index (χ0n) is 12.9. The highest BCUT2D eigenvalue weighted by molar-refractivity contribution is 5.29. The Bertz CT molecular complexity index is 679. The predicted octanol–water partition coefficient (Wildman–Crippen LogP) is 4.20. The van der Waals surface area contributed by atoms with Crippen molar-refractivity contribution >= 4 is 0 Å². The van der Waals surface area contributed by atoms with Gasteiger partial charge in [0.05, 0.1) is 11.6 Å². The quantitative estimate of drug-likeness (QED) is 0.895. The molecule has 1 aliphatic rings. The lowest BCUT2D eigenvalue weighted by atomic mass is 9.99. The molecule has 1 saturated carbocycles. The van der Waals surface area contributed by atoms with E-state index in [0.717, 1.165) is 18.9 Å². The molecule has 0 bridgehead atoms. The van der Waals surface area contributed by atoms with Crippen molar-refractivity contribution in [2.45, 2.75) is 44.9 Å². The van der Waals surface area contributed by atoms with Crippen LogP contribution in [-0.4, -0.2) is 10.2 Å². The van der Waals surface area contributed by atoms with E-state index in [1.165, 1.54) is 12.1 Å². The molecule has 0 spiro atoms. The highest BCUT2D eigenvalue weighted by Crippen LogP contribution is 2.43. The van der Waals surface area contributed by atoms with Crippen LogP contribution >= 0.6 is 0 Å². The molecular weight excluding hydrogens is 307 g/mol. The first-order chi connectivity index (χ1) is 10.8. The molecule has 0 amide bonds. The van der Waals surface area contributed by atoms with Gasteiger partial charge in [0.2, 0.25) is 11.8 Å². The summed E-state index contributed by atoms with van der Waals surface area (Å²) in [5, 5.41) is 11.1. The van der Waals surface area contributed by atoms with Crippen molar-refractivity contribution in [3.63, 3.8) is 0 Å². The maximum atomic E-state index is 12.9. The second-order valence-electron chi connectivity index (χ2n) is 5.99. The molecule has 0 unspecified atom stereocenters. The van der Waals surface area contributed by atoms with Gasteiger partial charge in [-0.25, -0.2) is 0 Å². The summed E-state index contributed by atoms with van der Waals surface area (Å²) >= 11 is 0. The van der Waals surface area contributed by atoms with E-state index < -0.39 is 11.7 Å². The largest absolute Gasteiger partial charge is 0.424 e. The Labute approximate surface area is 132 Å². The lowest BCUT2D eigenvalue weighted by Crippen LogP contribution is -2.26. The second-order valence-corrected chi connectivity index (χ2v) is 5.99. The number of benzene rings is 1. The van der Waals surface area contributed by atoms with Gasteiger partial charge in [-0.15, -0.1) is 10.2 Å². The van der Waals surface area contributed by atoms with Crippen molar-refractivity contribution in [1.82, 2.24) is 15.5 Å². The summed E-state index contributed by atoms with van der Waals surface area (Å²) in [6, 6.07) is 5.13. The minimum absolute atomic E-state index is 0.153. The van der Waals surface area contributed by atoms with Crippen LogP contribution in [0.5, 0.6) is 0 Å². The molecule has 4 nitrogen and oxygen atoms in total. The number of nitrogens with one attached hydrogen (secondary N) is 1. The number of alkyl halides is 3. The molecule has 0 radical (unpaired) electrons. The molecule has 124 valence electrons. The first kappa shape index (κ1) is 16.0. The number of hydrogen-bond acceptors (Lipinski definition) is 4. The van der Waals surface area contributed by atoms with Gasteiger partial charge in [-0.3, -0.25) is 5.32 Å². The van der Waals surface area contributed by atoms with Crippen LogP contribution in [0.15, 0.2) is 28.7 Å². The fraction of sp³-hybridized carbons (Fsp3) is 0.500. The van der Waals surface area contributed by atoms with E-state index in [4.69, 9.17) is 4.42 Å². The van der Waals surface area contributed by atoms with Crippen LogP contribution in [0, 0.1) is 12.8 Å². The SMILES string of the molecule is Cc1nnc([C@H](C)N[C@@H](c2cccc(C(F)(F)F)c2)C2CC2)o1. The van der Waals surface area contributed by atoms with Gasteiger partial charge in [-0.1, -0.05) is 12.1 Å². The first-order valence-corrected chi connectivity index (χ1v) is 7.58. The molecule has 1 N–H and O–H groups in total. The Hall–Kier alpha value is -1.89. The standard InChI is InChI=1S/C16H18F3N3O/c1-9(15-22-21-10(2)23-15)20-14(11-6-7-11)12-4-3-5-13(8-12)16(17,18)19/h3-5,8-9,11,14,20H,6-7H2,1-2H3/t9-,14+/m0/s1. The van der Waals surface area contributed by atoms with Crippen LogP contribution < -0.4 is 5.32 Å². The molecule has 23 heavy (non-hydrogen) atoms. The number of aryl methyl sites for hydroxylation is 1. The Kier molecular flexibility index (Phi) is 4.14. The van der Waals surface area contributed by atoms with Crippen molar-refractivity contribution in [2.24, 2.45) is 5.92 Å². The highest BCUT2D eigenvalue weighted by Gasteiger charge is 2.36. The molecule has 1 fully saturated rings. The molecule has 1 heterocycles. The third kappa shape index (κ3) is 3.72. The average Bonchev–Trinajstić information content (AvgIpc) is 3.24. The normalized spacial score (nSPS) is 18.0. The third-order valence-corrected chi connectivity index (χ3v) is 4.01. The summed E-state index contributed by atoms with van der Waals surface area (Å²) in [6.07, 6.45) is -2.33. The van der Waals surface area contributed by atoms with Gasteiger partial charge in [0.25, 0.3) is 0 Å². The molecule has 2 atom stereocenters. The number of halogens is 3. The summed E-state index contributed by atoms with van der Waals surface area (Å²) in [4.78, 5) is 0. The molecule has 3 rings (SSSR count). The number of nitrogens with zero attached hydrogens (tertiary/aromatic N) is 2. The van der Waals surface area contributed by atoms with Gasteiger partial charge < -0.3 is 4.42 Å². The van der Waals surface area contributed by atoms with Crippen LogP contribution in [0.2, 0.25) is 0 Å². The van der Waals surface area contributed by atoms with E-state index in [-0.39, 0.29) is 12.1 Å². The minimum atomic E-state index is -4.33. The van der Waals surface area contributed by atoms with Crippen LogP contribution in [-0.2, 0) is 6.18 Å². The van der Waals surface area contributed by atoms with E-state index in [1.54, 1.807) is 13.0 Å². The Morgan fingerprint density at radius 2 is 2.00 bits per heavy atom. The van der Waals surface area contributed by atoms with Gasteiger partial charge in [0, 0.05) is 13.0 Å². The Morgan fingerprint density at radius 1 is 1.26 bits per heavy atom. The van der Waals surface area contributed by atoms with Crippen LogP contribution in [0.4, 0.5) is 13.2 Å². The lowest BCUT2D eigenvalue weighted by molar-refractivity contribution is -0.137. The van der Waals surface area contributed by atoms with Gasteiger partial charge in [-0.05, 0) is 43.4 Å². The van der Waals surface area contributed by atoms with Gasteiger partial charge >= 0.3 is 6.18 Å². The third-order valence-electron chi connectivity index (χ3n) is 4.01. The van der Waals surface area contributed by atoms with Crippen molar-refractivity contribution in [3.8, 4) is 0 Å². The molecular formula is C16H18F3N3O. The van der Waals surface area contributed by atoms with Gasteiger partial charge in [-0.2, -0.15) is 13.2 Å². The zero-order chi connectivity index (χ0) is 16.6. The van der Waals surface area contributed by atoms with E-state index in [1.807, 2.05) is 6.92 Å². The molecule has 2 aromatic rings. The summed E-state index contributed by atoms with van der Waals surface area (Å²) in [5.74, 6) is 1.25. The monoisotopic (exact) mass is 325 g/mol. The van der Waals surface area contributed by atoms with Crippen molar-refractivity contribution in [2.75, 3.05) is 0 Å². The predicted molar refractivity (Wildman–Crippen MR) is 77.5 cm³/mol. The molecule has 0 saturated heterocycles. The van der Waals surface area contributed by atoms with Crippen molar-refractivity contribution in [3.05, 3.63) is 47.2 Å². The summed E-state index contributed by atoms with van der Waals surface area (Å²) in [7, 11) is 0. The van der Waals surface area contributed by atoms with E-state index in [9.17, 15) is 13.2 Å². The Morgan fingerprint density at radius 3 is 2.57 bits per heavy atom. The van der Waals surface area contributed by atoms with E-state index in [0.29, 0.717) is 23.3 Å². The smallest absolute Gasteiger partial charge is 0.416 e.